The van der Waals surface area contributed by atoms with Gasteiger partial charge >= 0.3 is 0 Å². The Hall–Kier alpha value is -0.550. The van der Waals surface area contributed by atoms with Gasteiger partial charge in [0.05, 0.1) is 6.07 Å². The summed E-state index contributed by atoms with van der Waals surface area (Å²) in [5.74, 6) is 1.93. The molecule has 1 atom stereocenters. The Morgan fingerprint density at radius 1 is 1.29 bits per heavy atom. The summed E-state index contributed by atoms with van der Waals surface area (Å²) in [6, 6.07) is 3.03. The fourth-order valence-electron chi connectivity index (χ4n) is 3.27. The number of nitrogens with zero attached hydrogens (tertiary/aromatic N) is 2. The standard InChI is InChI=1S/C12H20N2/c1-14(8-2-7-13)12-9-10-3-5-11(12)6-4-10/h10-12H,2-6,8-9H2,1H3. The second-order valence-corrected chi connectivity index (χ2v) is 4.97. The van der Waals surface area contributed by atoms with Gasteiger partial charge in [-0.15, -0.1) is 0 Å². The van der Waals surface area contributed by atoms with Gasteiger partial charge in [-0.05, 0) is 38.1 Å². The maximum absolute atomic E-state index is 8.57. The highest BCUT2D eigenvalue weighted by atomic mass is 15.1. The summed E-state index contributed by atoms with van der Waals surface area (Å²) in [4.78, 5) is 2.43. The van der Waals surface area contributed by atoms with Crippen molar-refractivity contribution in [2.75, 3.05) is 13.6 Å². The van der Waals surface area contributed by atoms with Crippen molar-refractivity contribution in [1.82, 2.24) is 4.90 Å². The molecule has 0 aromatic carbocycles. The van der Waals surface area contributed by atoms with Crippen LogP contribution in [0.15, 0.2) is 0 Å². The van der Waals surface area contributed by atoms with Crippen LogP contribution >= 0.6 is 0 Å². The molecule has 0 N–H and O–H groups in total. The summed E-state index contributed by atoms with van der Waals surface area (Å²) in [5.41, 5.74) is 0. The summed E-state index contributed by atoms with van der Waals surface area (Å²) >= 11 is 0. The summed E-state index contributed by atoms with van der Waals surface area (Å²) in [7, 11) is 2.20. The third-order valence-electron chi connectivity index (χ3n) is 4.15. The van der Waals surface area contributed by atoms with Gasteiger partial charge in [0.2, 0.25) is 0 Å². The average Bonchev–Trinajstić information content (AvgIpc) is 2.27. The van der Waals surface area contributed by atoms with Crippen molar-refractivity contribution in [1.29, 1.82) is 5.26 Å². The SMILES string of the molecule is CN(CCC#N)C1CC2CCC1CC2. The maximum atomic E-state index is 8.57. The van der Waals surface area contributed by atoms with Crippen LogP contribution in [0, 0.1) is 23.2 Å². The Morgan fingerprint density at radius 2 is 2.00 bits per heavy atom. The predicted octanol–water partition coefficient (Wildman–Crippen LogP) is 2.41. The van der Waals surface area contributed by atoms with Crippen LogP contribution in [0.5, 0.6) is 0 Å². The maximum Gasteiger partial charge on any atom is 0.0635 e. The Morgan fingerprint density at radius 3 is 2.50 bits per heavy atom. The van der Waals surface area contributed by atoms with Gasteiger partial charge in [-0.3, -0.25) is 0 Å². The van der Waals surface area contributed by atoms with E-state index in [9.17, 15) is 0 Å². The molecule has 3 aliphatic carbocycles. The van der Waals surface area contributed by atoms with Gasteiger partial charge in [0.1, 0.15) is 0 Å². The van der Waals surface area contributed by atoms with E-state index in [1.165, 1.54) is 32.1 Å². The first kappa shape index (κ1) is 9.98. The molecule has 2 heteroatoms. The second-order valence-electron chi connectivity index (χ2n) is 4.97. The predicted molar refractivity (Wildman–Crippen MR) is 56.7 cm³/mol. The summed E-state index contributed by atoms with van der Waals surface area (Å²) in [6.07, 6.45) is 7.88. The molecule has 0 saturated heterocycles. The highest BCUT2D eigenvalue weighted by Crippen LogP contribution is 2.42. The van der Waals surface area contributed by atoms with Crippen LogP contribution in [0.25, 0.3) is 0 Å². The van der Waals surface area contributed by atoms with Crippen LogP contribution in [0.1, 0.15) is 38.5 Å². The second kappa shape index (κ2) is 4.31. The summed E-state index contributed by atoms with van der Waals surface area (Å²) in [6.45, 7) is 0.963. The van der Waals surface area contributed by atoms with Crippen LogP contribution in [-0.4, -0.2) is 24.5 Å². The Labute approximate surface area is 86.9 Å². The Kier molecular flexibility index (Phi) is 3.08. The van der Waals surface area contributed by atoms with E-state index in [4.69, 9.17) is 5.26 Å². The van der Waals surface area contributed by atoms with Gasteiger partial charge < -0.3 is 4.90 Å². The largest absolute Gasteiger partial charge is 0.302 e. The summed E-state index contributed by atoms with van der Waals surface area (Å²) < 4.78 is 0. The molecule has 0 radical (unpaired) electrons. The molecule has 3 rings (SSSR count). The number of hydrogen-bond acceptors (Lipinski definition) is 2. The lowest BCUT2D eigenvalue weighted by atomic mass is 9.67. The molecule has 14 heavy (non-hydrogen) atoms. The molecule has 0 amide bonds. The van der Waals surface area contributed by atoms with E-state index >= 15 is 0 Å². The van der Waals surface area contributed by atoms with Crippen molar-refractivity contribution in [2.24, 2.45) is 11.8 Å². The Bertz CT molecular complexity index is 223. The van der Waals surface area contributed by atoms with Gasteiger partial charge in [-0.1, -0.05) is 12.8 Å². The van der Waals surface area contributed by atoms with E-state index in [1.807, 2.05) is 0 Å². The lowest BCUT2D eigenvalue weighted by Gasteiger charge is -2.46. The van der Waals surface area contributed by atoms with Crippen LogP contribution in [0.3, 0.4) is 0 Å². The molecule has 2 nitrogen and oxygen atoms in total. The molecular weight excluding hydrogens is 172 g/mol. The number of fused-ring (bicyclic) bond motifs is 3. The molecule has 0 aromatic rings. The zero-order valence-corrected chi connectivity index (χ0v) is 9.08. The smallest absolute Gasteiger partial charge is 0.0635 e. The van der Waals surface area contributed by atoms with Gasteiger partial charge in [-0.2, -0.15) is 5.26 Å². The lowest BCUT2D eigenvalue weighted by Crippen LogP contribution is -2.45. The van der Waals surface area contributed by atoms with E-state index in [0.29, 0.717) is 6.42 Å². The van der Waals surface area contributed by atoms with E-state index in [-0.39, 0.29) is 0 Å². The molecule has 0 spiro atoms. The molecule has 0 heterocycles. The highest BCUT2D eigenvalue weighted by Gasteiger charge is 2.37. The Balaban J connectivity index is 1.88. The quantitative estimate of drug-likeness (QED) is 0.686. The van der Waals surface area contributed by atoms with E-state index in [2.05, 4.69) is 18.0 Å². The first-order valence-electron chi connectivity index (χ1n) is 5.88. The number of hydrogen-bond donors (Lipinski definition) is 0. The summed E-state index contributed by atoms with van der Waals surface area (Å²) in [5, 5.41) is 8.57. The van der Waals surface area contributed by atoms with Crippen LogP contribution in [0.2, 0.25) is 0 Å². The topological polar surface area (TPSA) is 27.0 Å². The molecule has 3 fully saturated rings. The van der Waals surface area contributed by atoms with Crippen molar-refractivity contribution in [3.63, 3.8) is 0 Å². The van der Waals surface area contributed by atoms with Crippen molar-refractivity contribution in [3.05, 3.63) is 0 Å². The fourth-order valence-corrected chi connectivity index (χ4v) is 3.27. The molecule has 0 aromatic heterocycles. The molecule has 78 valence electrons. The number of nitriles is 1. The molecule has 0 aliphatic heterocycles. The van der Waals surface area contributed by atoms with Gasteiger partial charge in [0.25, 0.3) is 0 Å². The zero-order chi connectivity index (χ0) is 9.97. The molecule has 1 unspecified atom stereocenters. The van der Waals surface area contributed by atoms with Gasteiger partial charge in [0.15, 0.2) is 0 Å². The molecule has 3 aliphatic rings. The normalized spacial score (nSPS) is 35.9. The third-order valence-corrected chi connectivity index (χ3v) is 4.15. The van der Waals surface area contributed by atoms with Crippen LogP contribution in [-0.2, 0) is 0 Å². The van der Waals surface area contributed by atoms with E-state index in [1.54, 1.807) is 0 Å². The average molecular weight is 192 g/mol. The van der Waals surface area contributed by atoms with Gasteiger partial charge in [0, 0.05) is 19.0 Å². The minimum Gasteiger partial charge on any atom is -0.302 e. The molecule has 3 saturated carbocycles. The monoisotopic (exact) mass is 192 g/mol. The van der Waals surface area contributed by atoms with Crippen molar-refractivity contribution in [3.8, 4) is 6.07 Å². The van der Waals surface area contributed by atoms with Crippen LogP contribution < -0.4 is 0 Å². The van der Waals surface area contributed by atoms with Crippen molar-refractivity contribution in [2.45, 2.75) is 44.6 Å². The highest BCUT2D eigenvalue weighted by molar-refractivity contribution is 4.91. The van der Waals surface area contributed by atoms with Crippen molar-refractivity contribution >= 4 is 0 Å². The van der Waals surface area contributed by atoms with E-state index < -0.39 is 0 Å². The number of rotatable bonds is 3. The molecular formula is C12H20N2. The minimum atomic E-state index is 0.685. The van der Waals surface area contributed by atoms with Crippen LogP contribution in [0.4, 0.5) is 0 Å². The molecule has 2 bridgehead atoms. The lowest BCUT2D eigenvalue weighted by molar-refractivity contribution is 0.0503. The van der Waals surface area contributed by atoms with E-state index in [0.717, 1.165) is 24.4 Å². The third kappa shape index (κ3) is 1.93. The zero-order valence-electron chi connectivity index (χ0n) is 9.08. The fraction of sp³-hybridized carbons (Fsp3) is 0.917. The minimum absolute atomic E-state index is 0.685. The van der Waals surface area contributed by atoms with Crippen molar-refractivity contribution < 1.29 is 0 Å². The first-order chi connectivity index (χ1) is 6.81. The van der Waals surface area contributed by atoms with Gasteiger partial charge in [-0.25, -0.2) is 0 Å². The first-order valence-corrected chi connectivity index (χ1v) is 5.88.